The van der Waals surface area contributed by atoms with E-state index in [4.69, 9.17) is 15.6 Å². The highest BCUT2D eigenvalue weighted by Gasteiger charge is 2.18. The number of para-hydroxylation sites is 2. The van der Waals surface area contributed by atoms with E-state index in [1.54, 1.807) is 12.1 Å². The zero-order valence-electron chi connectivity index (χ0n) is 12.2. The first-order valence-corrected chi connectivity index (χ1v) is 7.04. The van der Waals surface area contributed by atoms with Crippen LogP contribution in [-0.2, 0) is 9.59 Å². The van der Waals surface area contributed by atoms with Crippen LogP contribution in [0.1, 0.15) is 32.6 Å². The van der Waals surface area contributed by atoms with Crippen LogP contribution in [-0.4, -0.2) is 29.6 Å². The van der Waals surface area contributed by atoms with Gasteiger partial charge in [0, 0.05) is 6.42 Å². The number of ether oxygens (including phenoxy) is 1. The van der Waals surface area contributed by atoms with Gasteiger partial charge in [0.25, 0.3) is 0 Å². The third kappa shape index (κ3) is 6.16. The second kappa shape index (κ2) is 8.84. The molecule has 0 aromatic heterocycles. The van der Waals surface area contributed by atoms with Crippen molar-refractivity contribution in [2.75, 3.05) is 12.3 Å². The third-order valence-corrected chi connectivity index (χ3v) is 2.94. The number of carboxylic acid groups (broad SMARTS) is 1. The van der Waals surface area contributed by atoms with E-state index in [0.717, 1.165) is 0 Å². The van der Waals surface area contributed by atoms with Gasteiger partial charge in [-0.05, 0) is 25.0 Å². The smallest absolute Gasteiger partial charge is 0.326 e. The molecule has 1 amide bonds. The van der Waals surface area contributed by atoms with Crippen molar-refractivity contribution in [3.8, 4) is 5.75 Å². The summed E-state index contributed by atoms with van der Waals surface area (Å²) in [5.41, 5.74) is 6.28. The molecule has 1 aromatic carbocycles. The van der Waals surface area contributed by atoms with Crippen LogP contribution in [0.5, 0.6) is 5.75 Å². The maximum atomic E-state index is 11.7. The Bertz CT molecular complexity index is 476. The van der Waals surface area contributed by atoms with Crippen LogP contribution in [0, 0.1) is 0 Å². The molecule has 4 N–H and O–H groups in total. The molecule has 1 unspecified atom stereocenters. The lowest BCUT2D eigenvalue weighted by molar-refractivity contribution is -0.142. The molecule has 1 atom stereocenters. The summed E-state index contributed by atoms with van der Waals surface area (Å²) in [6.07, 6.45) is 1.85. The normalized spacial score (nSPS) is 11.7. The van der Waals surface area contributed by atoms with Crippen LogP contribution >= 0.6 is 0 Å². The Morgan fingerprint density at radius 3 is 2.71 bits per heavy atom. The molecule has 6 nitrogen and oxygen atoms in total. The summed E-state index contributed by atoms with van der Waals surface area (Å²) < 4.78 is 5.47. The first-order chi connectivity index (χ1) is 10.0. The summed E-state index contributed by atoms with van der Waals surface area (Å²) in [7, 11) is 0. The van der Waals surface area contributed by atoms with Gasteiger partial charge in [-0.1, -0.05) is 25.5 Å². The number of aliphatic carboxylic acids is 1. The van der Waals surface area contributed by atoms with Gasteiger partial charge in [-0.2, -0.15) is 0 Å². The molecule has 0 radical (unpaired) electrons. The first kappa shape index (κ1) is 16.8. The van der Waals surface area contributed by atoms with Crippen LogP contribution < -0.4 is 15.8 Å². The minimum atomic E-state index is -1.00. The number of nitrogen functional groups attached to an aromatic ring is 1. The monoisotopic (exact) mass is 294 g/mol. The van der Waals surface area contributed by atoms with Crippen molar-refractivity contribution < 1.29 is 19.4 Å². The molecule has 0 saturated carbocycles. The van der Waals surface area contributed by atoms with Crippen molar-refractivity contribution in [3.63, 3.8) is 0 Å². The van der Waals surface area contributed by atoms with Gasteiger partial charge in [0.1, 0.15) is 11.8 Å². The molecule has 116 valence electrons. The van der Waals surface area contributed by atoms with Gasteiger partial charge in [0.2, 0.25) is 5.91 Å². The fraction of sp³-hybridized carbons (Fsp3) is 0.467. The van der Waals surface area contributed by atoms with Crippen molar-refractivity contribution >= 4 is 17.6 Å². The first-order valence-electron chi connectivity index (χ1n) is 7.04. The van der Waals surface area contributed by atoms with Gasteiger partial charge in [-0.15, -0.1) is 0 Å². The molecule has 0 aliphatic heterocycles. The predicted octanol–water partition coefficient (Wildman–Crippen LogP) is 1.80. The van der Waals surface area contributed by atoms with E-state index in [2.05, 4.69) is 5.32 Å². The zero-order valence-corrected chi connectivity index (χ0v) is 12.2. The quantitative estimate of drug-likeness (QED) is 0.476. The van der Waals surface area contributed by atoms with Gasteiger partial charge < -0.3 is 20.9 Å². The highest BCUT2D eigenvalue weighted by molar-refractivity contribution is 5.83. The highest BCUT2D eigenvalue weighted by Crippen LogP contribution is 2.19. The number of carbonyl (C=O) groups is 2. The van der Waals surface area contributed by atoms with E-state index in [-0.39, 0.29) is 12.3 Å². The van der Waals surface area contributed by atoms with Gasteiger partial charge >= 0.3 is 5.97 Å². The Morgan fingerprint density at radius 1 is 1.38 bits per heavy atom. The molecular formula is C15H22N2O4. The number of carbonyl (C=O) groups excluding carboxylic acids is 1. The summed E-state index contributed by atoms with van der Waals surface area (Å²) in [6, 6.07) is 6.32. The van der Waals surface area contributed by atoms with Gasteiger partial charge in [-0.25, -0.2) is 4.79 Å². The van der Waals surface area contributed by atoms with E-state index in [9.17, 15) is 9.59 Å². The average molecular weight is 294 g/mol. The number of benzene rings is 1. The highest BCUT2D eigenvalue weighted by atomic mass is 16.5. The van der Waals surface area contributed by atoms with Gasteiger partial charge in [0.05, 0.1) is 12.3 Å². The van der Waals surface area contributed by atoms with Crippen molar-refractivity contribution in [3.05, 3.63) is 24.3 Å². The molecule has 6 heteroatoms. The maximum Gasteiger partial charge on any atom is 0.326 e. The van der Waals surface area contributed by atoms with Gasteiger partial charge in [0.15, 0.2) is 0 Å². The van der Waals surface area contributed by atoms with Crippen LogP contribution in [0.25, 0.3) is 0 Å². The molecule has 1 rings (SSSR count). The topological polar surface area (TPSA) is 102 Å². The second-order valence-corrected chi connectivity index (χ2v) is 4.74. The molecule has 0 saturated heterocycles. The largest absolute Gasteiger partial charge is 0.491 e. The lowest BCUT2D eigenvalue weighted by Crippen LogP contribution is -2.40. The molecule has 0 heterocycles. The average Bonchev–Trinajstić information content (AvgIpc) is 2.44. The Balaban J connectivity index is 2.27. The Morgan fingerprint density at radius 2 is 2.10 bits per heavy atom. The fourth-order valence-corrected chi connectivity index (χ4v) is 1.84. The number of nitrogens with one attached hydrogen (secondary N) is 1. The molecule has 21 heavy (non-hydrogen) atoms. The number of anilines is 1. The minimum absolute atomic E-state index is 0.222. The predicted molar refractivity (Wildman–Crippen MR) is 80.1 cm³/mol. The molecular weight excluding hydrogens is 272 g/mol. The Kier molecular flexibility index (Phi) is 7.08. The number of nitrogens with two attached hydrogens (primary N) is 1. The van der Waals surface area contributed by atoms with Crippen LogP contribution in [0.4, 0.5) is 5.69 Å². The second-order valence-electron chi connectivity index (χ2n) is 4.74. The SMILES string of the molecule is CCCC(NC(=O)CCCOc1ccccc1N)C(=O)O. The summed E-state index contributed by atoms with van der Waals surface area (Å²) >= 11 is 0. The number of amides is 1. The van der Waals surface area contributed by atoms with E-state index >= 15 is 0 Å². The van der Waals surface area contributed by atoms with Crippen LogP contribution in [0.3, 0.4) is 0 Å². The molecule has 0 fully saturated rings. The minimum Gasteiger partial charge on any atom is -0.491 e. The summed E-state index contributed by atoms with van der Waals surface area (Å²) in [6.45, 7) is 2.23. The number of rotatable bonds is 9. The lowest BCUT2D eigenvalue weighted by atomic mass is 10.1. The summed E-state index contributed by atoms with van der Waals surface area (Å²) in [5.74, 6) is -0.689. The third-order valence-electron chi connectivity index (χ3n) is 2.94. The fourth-order valence-electron chi connectivity index (χ4n) is 1.84. The lowest BCUT2D eigenvalue weighted by Gasteiger charge is -2.13. The molecule has 0 aliphatic rings. The van der Waals surface area contributed by atoms with Crippen molar-refractivity contribution in [1.82, 2.24) is 5.32 Å². The van der Waals surface area contributed by atoms with Crippen LogP contribution in [0.15, 0.2) is 24.3 Å². The maximum absolute atomic E-state index is 11.7. The van der Waals surface area contributed by atoms with E-state index < -0.39 is 12.0 Å². The number of carboxylic acids is 1. The molecule has 1 aromatic rings. The number of hydrogen-bond donors (Lipinski definition) is 3. The van der Waals surface area contributed by atoms with Crippen molar-refractivity contribution in [2.45, 2.75) is 38.6 Å². The van der Waals surface area contributed by atoms with E-state index in [1.165, 1.54) is 0 Å². The standard InChI is InChI=1S/C15H22N2O4/c1-2-6-12(15(19)20)17-14(18)9-5-10-21-13-8-4-3-7-11(13)16/h3-4,7-8,12H,2,5-6,9-10,16H2,1H3,(H,17,18)(H,19,20). The Hall–Kier alpha value is -2.24. The van der Waals surface area contributed by atoms with Crippen LogP contribution in [0.2, 0.25) is 0 Å². The van der Waals surface area contributed by atoms with E-state index in [0.29, 0.717) is 37.3 Å². The molecule has 0 aliphatic carbocycles. The van der Waals surface area contributed by atoms with Gasteiger partial charge in [-0.3, -0.25) is 4.79 Å². The van der Waals surface area contributed by atoms with E-state index in [1.807, 2.05) is 19.1 Å². The molecule has 0 spiro atoms. The summed E-state index contributed by atoms with van der Waals surface area (Å²) in [4.78, 5) is 22.6. The number of hydrogen-bond acceptors (Lipinski definition) is 4. The Labute approximate surface area is 124 Å². The summed E-state index contributed by atoms with van der Waals surface area (Å²) in [5, 5.41) is 11.5. The van der Waals surface area contributed by atoms with Crippen molar-refractivity contribution in [1.29, 1.82) is 0 Å². The molecule has 0 bridgehead atoms. The zero-order chi connectivity index (χ0) is 15.7. The van der Waals surface area contributed by atoms with Crippen molar-refractivity contribution in [2.24, 2.45) is 0 Å².